The summed E-state index contributed by atoms with van der Waals surface area (Å²) in [5, 5.41) is 3.34. The molecule has 0 radical (unpaired) electrons. The smallest absolute Gasteiger partial charge is 0.123 e. The van der Waals surface area contributed by atoms with Gasteiger partial charge in [-0.2, -0.15) is 0 Å². The minimum atomic E-state index is 0.109. The molecule has 0 saturated heterocycles. The van der Waals surface area contributed by atoms with Crippen molar-refractivity contribution in [2.24, 2.45) is 0 Å². The zero-order valence-electron chi connectivity index (χ0n) is 10.0. The van der Waals surface area contributed by atoms with Gasteiger partial charge in [-0.25, -0.2) is 0 Å². The van der Waals surface area contributed by atoms with Crippen molar-refractivity contribution in [1.82, 2.24) is 5.32 Å². The minimum absolute atomic E-state index is 0.109. The standard InChI is InChI=1S/C13H13Br2NOS/c1-16-12(9-7-11(14)18-13(9)15)8-5-3-4-6-10(8)17-2/h3-7,12,16H,1-2H3. The van der Waals surface area contributed by atoms with Crippen LogP contribution in [0.25, 0.3) is 0 Å². The summed E-state index contributed by atoms with van der Waals surface area (Å²) in [5.41, 5.74) is 2.34. The van der Waals surface area contributed by atoms with Crippen LogP contribution in [-0.4, -0.2) is 14.2 Å². The van der Waals surface area contributed by atoms with Crippen molar-refractivity contribution in [3.05, 3.63) is 49.0 Å². The first-order valence-corrected chi connectivity index (χ1v) is 7.82. The molecular formula is C13H13Br2NOS. The first-order valence-electron chi connectivity index (χ1n) is 5.42. The number of para-hydroxylation sites is 1. The molecule has 0 aliphatic rings. The average Bonchev–Trinajstić information content (AvgIpc) is 2.70. The predicted octanol–water partition coefficient (Wildman–Crippen LogP) is 4.59. The van der Waals surface area contributed by atoms with Crippen LogP contribution >= 0.6 is 43.2 Å². The molecular weight excluding hydrogens is 378 g/mol. The van der Waals surface area contributed by atoms with Crippen LogP contribution in [0.15, 0.2) is 37.9 Å². The van der Waals surface area contributed by atoms with Gasteiger partial charge < -0.3 is 10.1 Å². The van der Waals surface area contributed by atoms with E-state index in [-0.39, 0.29) is 6.04 Å². The molecule has 1 unspecified atom stereocenters. The van der Waals surface area contributed by atoms with E-state index in [1.165, 1.54) is 5.56 Å². The second-order valence-corrected chi connectivity index (χ2v) is 7.49. The lowest BCUT2D eigenvalue weighted by Crippen LogP contribution is -2.18. The van der Waals surface area contributed by atoms with Crippen molar-refractivity contribution in [2.45, 2.75) is 6.04 Å². The largest absolute Gasteiger partial charge is 0.496 e. The van der Waals surface area contributed by atoms with Crippen molar-refractivity contribution < 1.29 is 4.74 Å². The number of nitrogens with one attached hydrogen (secondary N) is 1. The fraction of sp³-hybridized carbons (Fsp3) is 0.231. The van der Waals surface area contributed by atoms with Crippen LogP contribution in [-0.2, 0) is 0 Å². The molecule has 2 nitrogen and oxygen atoms in total. The first kappa shape index (κ1) is 14.1. The van der Waals surface area contributed by atoms with Gasteiger partial charge in [-0.05, 0) is 56.6 Å². The molecule has 0 aliphatic heterocycles. The summed E-state index contributed by atoms with van der Waals surface area (Å²) in [7, 11) is 3.65. The van der Waals surface area contributed by atoms with Gasteiger partial charge in [0.1, 0.15) is 5.75 Å². The van der Waals surface area contributed by atoms with E-state index in [4.69, 9.17) is 4.74 Å². The van der Waals surface area contributed by atoms with Gasteiger partial charge in [0, 0.05) is 5.56 Å². The van der Waals surface area contributed by atoms with E-state index >= 15 is 0 Å². The monoisotopic (exact) mass is 389 g/mol. The predicted molar refractivity (Wildman–Crippen MR) is 83.6 cm³/mol. The molecule has 2 rings (SSSR count). The summed E-state index contributed by atoms with van der Waals surface area (Å²) >= 11 is 8.80. The summed E-state index contributed by atoms with van der Waals surface area (Å²) in [5.74, 6) is 0.895. The Labute approximate surface area is 128 Å². The van der Waals surface area contributed by atoms with E-state index in [0.29, 0.717) is 0 Å². The summed E-state index contributed by atoms with van der Waals surface area (Å²) < 4.78 is 7.67. The summed E-state index contributed by atoms with van der Waals surface area (Å²) in [6, 6.07) is 10.3. The summed E-state index contributed by atoms with van der Waals surface area (Å²) in [4.78, 5) is 0. The van der Waals surface area contributed by atoms with E-state index in [1.54, 1.807) is 18.4 Å². The quantitative estimate of drug-likeness (QED) is 0.824. The molecule has 2 aromatic rings. The third-order valence-electron chi connectivity index (χ3n) is 2.73. The maximum atomic E-state index is 5.43. The lowest BCUT2D eigenvalue weighted by molar-refractivity contribution is 0.405. The van der Waals surface area contributed by atoms with Crippen LogP contribution in [0.3, 0.4) is 0 Å². The maximum Gasteiger partial charge on any atom is 0.123 e. The number of rotatable bonds is 4. The van der Waals surface area contributed by atoms with E-state index in [1.807, 2.05) is 25.2 Å². The van der Waals surface area contributed by atoms with Gasteiger partial charge in [0.25, 0.3) is 0 Å². The van der Waals surface area contributed by atoms with Crippen LogP contribution in [0.4, 0.5) is 0 Å². The van der Waals surface area contributed by atoms with E-state index < -0.39 is 0 Å². The van der Waals surface area contributed by atoms with Crippen molar-refractivity contribution >= 4 is 43.2 Å². The summed E-state index contributed by atoms with van der Waals surface area (Å²) in [6.45, 7) is 0. The molecule has 18 heavy (non-hydrogen) atoms. The molecule has 0 bridgehead atoms. The topological polar surface area (TPSA) is 21.3 Å². The summed E-state index contributed by atoms with van der Waals surface area (Å²) in [6.07, 6.45) is 0. The molecule has 1 aromatic heterocycles. The highest BCUT2D eigenvalue weighted by molar-refractivity contribution is 9.12. The first-order chi connectivity index (χ1) is 8.67. The van der Waals surface area contributed by atoms with Crippen molar-refractivity contribution in [3.63, 3.8) is 0 Å². The zero-order chi connectivity index (χ0) is 13.1. The molecule has 1 N–H and O–H groups in total. The fourth-order valence-corrected chi connectivity index (χ4v) is 4.84. The van der Waals surface area contributed by atoms with E-state index in [0.717, 1.165) is 18.9 Å². The molecule has 5 heteroatoms. The second-order valence-electron chi connectivity index (χ2n) is 3.74. The van der Waals surface area contributed by atoms with Crippen LogP contribution in [0, 0.1) is 0 Å². The number of methoxy groups -OCH3 is 1. The van der Waals surface area contributed by atoms with Crippen LogP contribution in [0.5, 0.6) is 5.75 Å². The van der Waals surface area contributed by atoms with Crippen LogP contribution in [0.1, 0.15) is 17.2 Å². The van der Waals surface area contributed by atoms with Crippen molar-refractivity contribution in [1.29, 1.82) is 0 Å². The lowest BCUT2D eigenvalue weighted by Gasteiger charge is -2.19. The Kier molecular flexibility index (Phi) is 4.84. The molecule has 0 aliphatic carbocycles. The molecule has 1 atom stereocenters. The molecule has 96 valence electrons. The molecule has 0 amide bonds. The van der Waals surface area contributed by atoms with Gasteiger partial charge >= 0.3 is 0 Å². The fourth-order valence-electron chi connectivity index (χ4n) is 1.93. The average molecular weight is 391 g/mol. The van der Waals surface area contributed by atoms with Crippen molar-refractivity contribution in [2.75, 3.05) is 14.2 Å². The Bertz CT molecular complexity index is 542. The zero-order valence-corrected chi connectivity index (χ0v) is 14.0. The molecule has 0 saturated carbocycles. The van der Waals surface area contributed by atoms with Gasteiger partial charge in [0.05, 0.1) is 20.7 Å². The highest BCUT2D eigenvalue weighted by Gasteiger charge is 2.20. The highest BCUT2D eigenvalue weighted by atomic mass is 79.9. The Morgan fingerprint density at radius 3 is 2.50 bits per heavy atom. The maximum absolute atomic E-state index is 5.43. The third kappa shape index (κ3) is 2.79. The SMILES string of the molecule is CNC(c1ccccc1OC)c1cc(Br)sc1Br. The number of hydrogen-bond acceptors (Lipinski definition) is 3. The normalized spacial score (nSPS) is 12.4. The molecule has 0 fully saturated rings. The van der Waals surface area contributed by atoms with Gasteiger partial charge in [0.2, 0.25) is 0 Å². The van der Waals surface area contributed by atoms with E-state index in [2.05, 4.69) is 49.3 Å². The number of hydrogen-bond donors (Lipinski definition) is 1. The van der Waals surface area contributed by atoms with Gasteiger partial charge in [0.15, 0.2) is 0 Å². The minimum Gasteiger partial charge on any atom is -0.496 e. The number of benzene rings is 1. The number of thiophene rings is 1. The van der Waals surface area contributed by atoms with Gasteiger partial charge in [-0.1, -0.05) is 18.2 Å². The second kappa shape index (κ2) is 6.19. The molecule has 1 heterocycles. The van der Waals surface area contributed by atoms with E-state index in [9.17, 15) is 0 Å². The van der Waals surface area contributed by atoms with Crippen LogP contribution < -0.4 is 10.1 Å². The number of halogens is 2. The Morgan fingerprint density at radius 2 is 1.94 bits per heavy atom. The van der Waals surface area contributed by atoms with Gasteiger partial charge in [-0.15, -0.1) is 11.3 Å². The highest BCUT2D eigenvalue weighted by Crippen LogP contribution is 2.39. The Balaban J connectivity index is 2.48. The lowest BCUT2D eigenvalue weighted by atomic mass is 10.0. The Morgan fingerprint density at radius 1 is 1.22 bits per heavy atom. The molecule has 0 spiro atoms. The van der Waals surface area contributed by atoms with Gasteiger partial charge in [-0.3, -0.25) is 0 Å². The van der Waals surface area contributed by atoms with Crippen molar-refractivity contribution in [3.8, 4) is 5.75 Å². The Hall–Kier alpha value is -0.360. The van der Waals surface area contributed by atoms with Crippen LogP contribution in [0.2, 0.25) is 0 Å². The number of ether oxygens (including phenoxy) is 1. The molecule has 1 aromatic carbocycles. The third-order valence-corrected chi connectivity index (χ3v) is 5.12.